The van der Waals surface area contributed by atoms with E-state index in [9.17, 15) is 14.7 Å². The lowest BCUT2D eigenvalue weighted by atomic mass is 9.34. The molecule has 1 spiro atoms. The molecule has 6 aliphatic rings. The van der Waals surface area contributed by atoms with Crippen molar-refractivity contribution in [3.8, 4) is 0 Å². The molecule has 4 saturated carbocycles. The van der Waals surface area contributed by atoms with E-state index < -0.39 is 11.5 Å². The molecular formula is C29H42O4. The summed E-state index contributed by atoms with van der Waals surface area (Å²) in [5.74, 6) is 1.32. The highest BCUT2D eigenvalue weighted by Crippen LogP contribution is 2.76. The molecule has 0 aromatic heterocycles. The molecular weight excluding hydrogens is 412 g/mol. The van der Waals surface area contributed by atoms with Crippen LogP contribution >= 0.6 is 0 Å². The molecule has 1 aliphatic heterocycles. The minimum atomic E-state index is -0.541. The maximum absolute atomic E-state index is 13.5. The Hall–Kier alpha value is -1.16. The van der Waals surface area contributed by atoms with Gasteiger partial charge in [0.25, 0.3) is 0 Å². The number of aliphatic hydroxyl groups is 1. The summed E-state index contributed by atoms with van der Waals surface area (Å²) in [6.07, 6.45) is 9.08. The van der Waals surface area contributed by atoms with E-state index in [1.54, 1.807) is 0 Å². The number of rotatable bonds is 0. The second kappa shape index (κ2) is 6.33. The van der Waals surface area contributed by atoms with Gasteiger partial charge in [0.05, 0.1) is 11.5 Å². The first-order valence-electron chi connectivity index (χ1n) is 13.5. The normalized spacial score (nSPS) is 56.6. The van der Waals surface area contributed by atoms with Gasteiger partial charge in [-0.2, -0.15) is 0 Å². The molecule has 10 atom stereocenters. The van der Waals surface area contributed by atoms with Gasteiger partial charge < -0.3 is 9.84 Å². The summed E-state index contributed by atoms with van der Waals surface area (Å²) in [6, 6.07) is 0. The highest BCUT2D eigenvalue weighted by molar-refractivity contribution is 5.83. The Morgan fingerprint density at radius 3 is 2.48 bits per heavy atom. The summed E-state index contributed by atoms with van der Waals surface area (Å²) in [5.41, 5.74) is 0.446. The zero-order chi connectivity index (χ0) is 23.8. The number of hydrogen-bond acceptors (Lipinski definition) is 4. The van der Waals surface area contributed by atoms with Crippen molar-refractivity contribution in [2.24, 2.45) is 50.7 Å². The zero-order valence-corrected chi connectivity index (χ0v) is 21.4. The number of carbonyl (C=O) groups is 2. The highest BCUT2D eigenvalue weighted by Gasteiger charge is 2.75. The highest BCUT2D eigenvalue weighted by atomic mass is 16.6. The zero-order valence-electron chi connectivity index (χ0n) is 21.4. The Bertz CT molecular complexity index is 965. The first-order valence-corrected chi connectivity index (χ1v) is 13.5. The van der Waals surface area contributed by atoms with Crippen LogP contribution in [0.3, 0.4) is 0 Å². The van der Waals surface area contributed by atoms with E-state index in [1.165, 1.54) is 5.57 Å². The van der Waals surface area contributed by atoms with Gasteiger partial charge in [-0.05, 0) is 66.6 Å². The third kappa shape index (κ3) is 2.33. The van der Waals surface area contributed by atoms with Crippen molar-refractivity contribution in [3.63, 3.8) is 0 Å². The number of allylic oxidation sites excluding steroid dienone is 1. The number of ketones is 1. The standard InChI is InChI=1S/C29H42O4/c1-16-17-9-12-27(5)20(26(17,4)11-10-19(16)30)8-7-18-22-23(31)25(2,3)13-14-29(22)15-21(28(18,27)6)33-24(29)32/h7,16-17,20-23,31H,8-15H2,1-6H3/t16-,17-,20+,21+,22+,23-,26-,27+,28-,29-/m0/s1. The molecule has 2 bridgehead atoms. The van der Waals surface area contributed by atoms with Crippen molar-refractivity contribution in [2.75, 3.05) is 0 Å². The van der Waals surface area contributed by atoms with E-state index >= 15 is 0 Å². The van der Waals surface area contributed by atoms with E-state index in [0.717, 1.165) is 44.9 Å². The van der Waals surface area contributed by atoms with Crippen molar-refractivity contribution in [3.05, 3.63) is 11.6 Å². The van der Waals surface area contributed by atoms with Gasteiger partial charge in [-0.15, -0.1) is 0 Å². The molecule has 5 aliphatic carbocycles. The first-order chi connectivity index (χ1) is 15.3. The summed E-state index contributed by atoms with van der Waals surface area (Å²) >= 11 is 0. The number of esters is 1. The number of ether oxygens (including phenoxy) is 1. The van der Waals surface area contributed by atoms with Crippen molar-refractivity contribution < 1.29 is 19.4 Å². The summed E-state index contributed by atoms with van der Waals surface area (Å²) in [6.45, 7) is 13.8. The molecule has 0 aromatic carbocycles. The van der Waals surface area contributed by atoms with Gasteiger partial charge >= 0.3 is 5.97 Å². The van der Waals surface area contributed by atoms with Crippen molar-refractivity contribution >= 4 is 11.8 Å². The van der Waals surface area contributed by atoms with Crippen LogP contribution in [0.25, 0.3) is 0 Å². The van der Waals surface area contributed by atoms with Crippen LogP contribution in [0.2, 0.25) is 0 Å². The Kier molecular flexibility index (Phi) is 4.28. The monoisotopic (exact) mass is 454 g/mol. The molecule has 4 heteroatoms. The lowest BCUT2D eigenvalue weighted by molar-refractivity contribution is -0.189. The van der Waals surface area contributed by atoms with E-state index in [-0.39, 0.29) is 45.6 Å². The van der Waals surface area contributed by atoms with Crippen LogP contribution < -0.4 is 0 Å². The predicted octanol–water partition coefficient (Wildman–Crippen LogP) is 5.47. The number of fused-ring (bicyclic) bond motifs is 8. The first kappa shape index (κ1) is 22.3. The lowest BCUT2D eigenvalue weighted by Gasteiger charge is -2.69. The van der Waals surface area contributed by atoms with E-state index in [1.807, 2.05) is 0 Å². The second-order valence-electron chi connectivity index (χ2n) is 14.1. The van der Waals surface area contributed by atoms with Crippen LogP contribution in [0, 0.1) is 50.7 Å². The van der Waals surface area contributed by atoms with Crippen LogP contribution in [0.1, 0.15) is 92.9 Å². The Labute approximate surface area is 198 Å². The fourth-order valence-corrected chi connectivity index (χ4v) is 10.5. The lowest BCUT2D eigenvalue weighted by Crippen LogP contribution is -2.66. The minimum Gasteiger partial charge on any atom is -0.461 e. The fourth-order valence-electron chi connectivity index (χ4n) is 10.5. The smallest absolute Gasteiger partial charge is 0.313 e. The SMILES string of the molecule is C[C@@H]1C(=O)CC[C@]2(C)[C@H]3CC=C4[C@@H]5[C@H](O)C(C)(C)CC[C@]56C[C@@H](OC6=O)[C@@]4(C)[C@]3(C)CC[C@@H]12. The molecule has 0 aromatic rings. The van der Waals surface area contributed by atoms with Gasteiger partial charge in [-0.3, -0.25) is 9.59 Å². The molecule has 6 rings (SSSR count). The number of carbonyl (C=O) groups excluding carboxylic acids is 2. The van der Waals surface area contributed by atoms with Crippen molar-refractivity contribution in [2.45, 2.75) is 105 Å². The van der Waals surface area contributed by atoms with Gasteiger partial charge in [0.2, 0.25) is 0 Å². The number of Topliss-reactive ketones (excluding diaryl/α,β-unsaturated/α-hetero) is 1. The van der Waals surface area contributed by atoms with Gasteiger partial charge in [-0.1, -0.05) is 53.2 Å². The molecule has 0 unspecified atom stereocenters. The summed E-state index contributed by atoms with van der Waals surface area (Å²) in [7, 11) is 0. The van der Waals surface area contributed by atoms with E-state index in [4.69, 9.17) is 4.74 Å². The molecule has 33 heavy (non-hydrogen) atoms. The quantitative estimate of drug-likeness (QED) is 0.389. The molecule has 1 N–H and O–H groups in total. The predicted molar refractivity (Wildman–Crippen MR) is 126 cm³/mol. The fraction of sp³-hybridized carbons (Fsp3) is 0.862. The van der Waals surface area contributed by atoms with Crippen molar-refractivity contribution in [1.82, 2.24) is 0 Å². The average molecular weight is 455 g/mol. The summed E-state index contributed by atoms with van der Waals surface area (Å²) < 4.78 is 6.31. The molecule has 0 amide bonds. The molecule has 4 nitrogen and oxygen atoms in total. The third-order valence-corrected chi connectivity index (χ3v) is 12.9. The molecule has 182 valence electrons. The average Bonchev–Trinajstić information content (AvgIpc) is 3.05. The maximum Gasteiger partial charge on any atom is 0.313 e. The van der Waals surface area contributed by atoms with E-state index in [2.05, 4.69) is 47.6 Å². The Balaban J connectivity index is 1.51. The van der Waals surface area contributed by atoms with Gasteiger partial charge in [-0.25, -0.2) is 0 Å². The number of hydrogen-bond donors (Lipinski definition) is 1. The van der Waals surface area contributed by atoms with Gasteiger partial charge in [0.15, 0.2) is 0 Å². The van der Waals surface area contributed by atoms with Gasteiger partial charge in [0.1, 0.15) is 11.9 Å². The molecule has 0 radical (unpaired) electrons. The second-order valence-corrected chi connectivity index (χ2v) is 14.1. The number of aliphatic hydroxyl groups excluding tert-OH is 1. The van der Waals surface area contributed by atoms with Crippen LogP contribution in [0.15, 0.2) is 11.6 Å². The third-order valence-electron chi connectivity index (χ3n) is 12.9. The largest absolute Gasteiger partial charge is 0.461 e. The molecule has 1 heterocycles. The van der Waals surface area contributed by atoms with E-state index in [0.29, 0.717) is 24.0 Å². The summed E-state index contributed by atoms with van der Waals surface area (Å²) in [4.78, 5) is 26.1. The molecule has 5 fully saturated rings. The Morgan fingerprint density at radius 2 is 1.76 bits per heavy atom. The molecule has 1 saturated heterocycles. The summed E-state index contributed by atoms with van der Waals surface area (Å²) in [5, 5.41) is 11.7. The van der Waals surface area contributed by atoms with Gasteiger partial charge in [0, 0.05) is 30.1 Å². The minimum absolute atomic E-state index is 0.00873. The maximum atomic E-state index is 13.5. The topological polar surface area (TPSA) is 63.6 Å². The Morgan fingerprint density at radius 1 is 1.03 bits per heavy atom. The van der Waals surface area contributed by atoms with Crippen LogP contribution in [0.5, 0.6) is 0 Å². The van der Waals surface area contributed by atoms with Crippen LogP contribution in [-0.2, 0) is 14.3 Å². The van der Waals surface area contributed by atoms with Crippen molar-refractivity contribution in [1.29, 1.82) is 0 Å². The van der Waals surface area contributed by atoms with Crippen LogP contribution in [-0.4, -0.2) is 29.1 Å². The van der Waals surface area contributed by atoms with Crippen LogP contribution in [0.4, 0.5) is 0 Å².